The van der Waals surface area contributed by atoms with Gasteiger partial charge >= 0.3 is 0 Å². The van der Waals surface area contributed by atoms with E-state index in [2.05, 4.69) is 54.8 Å². The van der Waals surface area contributed by atoms with Gasteiger partial charge in [-0.2, -0.15) is 0 Å². The lowest BCUT2D eigenvalue weighted by molar-refractivity contribution is -0.870. The van der Waals surface area contributed by atoms with Crippen LogP contribution in [-0.4, -0.2) is 79.8 Å². The van der Waals surface area contributed by atoms with E-state index in [4.69, 9.17) is 9.05 Å². The van der Waals surface area contributed by atoms with Crippen molar-refractivity contribution >= 4 is 13.7 Å². The fourth-order valence-corrected chi connectivity index (χ4v) is 6.34. The highest BCUT2D eigenvalue weighted by Crippen LogP contribution is 2.38. The minimum atomic E-state index is -4.59. The monoisotopic (exact) mass is 781 g/mol. The number of hydrogen-bond acceptors (Lipinski definition) is 7. The molecular weight excluding hydrogens is 699 g/mol. The molecule has 0 spiro atoms. The summed E-state index contributed by atoms with van der Waals surface area (Å²) >= 11 is 0. The number of aliphatic hydroxyl groups excluding tert-OH is 2. The zero-order valence-electron chi connectivity index (χ0n) is 35.0. The molecule has 0 aliphatic rings. The number of amides is 1. The average molecular weight is 781 g/mol. The number of aliphatic hydroxyl groups is 2. The van der Waals surface area contributed by atoms with Crippen LogP contribution in [0.1, 0.15) is 155 Å². The van der Waals surface area contributed by atoms with Gasteiger partial charge in [-0.1, -0.05) is 164 Å². The molecule has 1 amide bonds. The molecule has 0 saturated carbocycles. The molecule has 0 aliphatic carbocycles. The molecule has 0 heterocycles. The normalized spacial score (nSPS) is 15.6. The zero-order chi connectivity index (χ0) is 40.2. The summed E-state index contributed by atoms with van der Waals surface area (Å²) in [4.78, 5) is 25.3. The van der Waals surface area contributed by atoms with Crippen molar-refractivity contribution in [2.45, 2.75) is 173 Å². The highest BCUT2D eigenvalue weighted by molar-refractivity contribution is 7.45. The largest absolute Gasteiger partial charge is 0.756 e. The van der Waals surface area contributed by atoms with Crippen molar-refractivity contribution in [2.24, 2.45) is 0 Å². The second-order valence-electron chi connectivity index (χ2n) is 15.5. The first kappa shape index (κ1) is 52.2. The molecular formula is C44H81N2O7P. The highest BCUT2D eigenvalue weighted by Gasteiger charge is 2.24. The van der Waals surface area contributed by atoms with E-state index in [-0.39, 0.29) is 31.6 Å². The van der Waals surface area contributed by atoms with Gasteiger partial charge in [0.05, 0.1) is 46.0 Å². The number of phosphoric acid groups is 1. The van der Waals surface area contributed by atoms with Crippen LogP contribution in [0.5, 0.6) is 0 Å². The second kappa shape index (κ2) is 35.6. The molecule has 314 valence electrons. The molecule has 10 heteroatoms. The van der Waals surface area contributed by atoms with Gasteiger partial charge in [0.2, 0.25) is 5.91 Å². The summed E-state index contributed by atoms with van der Waals surface area (Å²) in [6.07, 6.45) is 41.8. The Morgan fingerprint density at radius 1 is 0.722 bits per heavy atom. The first-order chi connectivity index (χ1) is 25.9. The first-order valence-corrected chi connectivity index (χ1v) is 22.7. The van der Waals surface area contributed by atoms with Crippen molar-refractivity contribution in [3.05, 3.63) is 60.8 Å². The molecule has 9 nitrogen and oxygen atoms in total. The first-order valence-electron chi connectivity index (χ1n) is 21.2. The number of hydrogen-bond donors (Lipinski definition) is 3. The van der Waals surface area contributed by atoms with E-state index in [9.17, 15) is 24.5 Å². The summed E-state index contributed by atoms with van der Waals surface area (Å²) in [5.41, 5.74) is 0. The SMILES string of the molecule is CCCCCCCCCCCCCCCC[C@@H](O)[C@H](COP(=O)([O-])OCC[N+](C)(C)C)NC(=O)CCC/C=C\C/C=C\C/C=C\C/C=C\C=C\[C@H](O)CC. The standard InChI is InChI=1S/C44H81N2O7P/c1-6-8-9-10-11-12-13-14-18-21-24-27-30-33-36-43(48)42(40-53-54(50,51)52-39-38-46(3,4)5)45-44(49)37-34-31-28-25-22-19-16-15-17-20-23-26-29-32-35-41(47)7-2/h16-17,19-20,25-26,28-29,32,35,41-43,47-48H,6-15,18,21-24,27,30-31,33-34,36-40H2,1-5H3,(H-,45,49,50,51)/b19-16-,20-17-,28-25-,29-26-,35-32+/t41-,42+,43-/m1/s1. The van der Waals surface area contributed by atoms with Gasteiger partial charge in [-0.15, -0.1) is 0 Å². The van der Waals surface area contributed by atoms with Crippen LogP contribution in [0, 0.1) is 0 Å². The maximum atomic E-state index is 12.8. The van der Waals surface area contributed by atoms with Crippen molar-refractivity contribution in [3.63, 3.8) is 0 Å². The summed E-state index contributed by atoms with van der Waals surface area (Å²) in [5, 5.41) is 23.3. The quantitative estimate of drug-likeness (QED) is 0.0188. The molecule has 0 aromatic rings. The summed E-state index contributed by atoms with van der Waals surface area (Å²) < 4.78 is 23.2. The Morgan fingerprint density at radius 2 is 1.24 bits per heavy atom. The zero-order valence-corrected chi connectivity index (χ0v) is 35.9. The number of quaternary nitrogens is 1. The van der Waals surface area contributed by atoms with Gasteiger partial charge in [-0.25, -0.2) is 0 Å². The van der Waals surface area contributed by atoms with Crippen molar-refractivity contribution < 1.29 is 38.0 Å². The van der Waals surface area contributed by atoms with Crippen molar-refractivity contribution in [1.82, 2.24) is 5.32 Å². The maximum absolute atomic E-state index is 12.8. The number of carbonyl (C=O) groups is 1. The number of phosphoric ester groups is 1. The molecule has 0 aromatic heterocycles. The van der Waals surface area contributed by atoms with E-state index in [1.165, 1.54) is 70.6 Å². The van der Waals surface area contributed by atoms with E-state index < -0.39 is 20.0 Å². The lowest BCUT2D eigenvalue weighted by atomic mass is 10.0. The number of likely N-dealkylation sites (N-methyl/N-ethyl adjacent to an activating group) is 1. The smallest absolute Gasteiger partial charge is 0.268 e. The number of nitrogens with zero attached hydrogens (tertiary/aromatic N) is 1. The Kier molecular flexibility index (Phi) is 34.4. The van der Waals surface area contributed by atoms with Crippen molar-refractivity contribution in [3.8, 4) is 0 Å². The van der Waals surface area contributed by atoms with Gasteiger partial charge in [0.15, 0.2) is 0 Å². The van der Waals surface area contributed by atoms with Crippen LogP contribution >= 0.6 is 7.82 Å². The Bertz CT molecular complexity index is 1080. The highest BCUT2D eigenvalue weighted by atomic mass is 31.2. The van der Waals surface area contributed by atoms with E-state index in [1.807, 2.05) is 40.2 Å². The number of nitrogens with one attached hydrogen (secondary N) is 1. The van der Waals surface area contributed by atoms with Crippen LogP contribution in [0.2, 0.25) is 0 Å². The molecule has 1 unspecified atom stereocenters. The summed E-state index contributed by atoms with van der Waals surface area (Å²) in [5.74, 6) is -0.236. The van der Waals surface area contributed by atoms with Crippen LogP contribution in [0.3, 0.4) is 0 Å². The fraction of sp³-hybridized carbons (Fsp3) is 0.750. The number of carbonyl (C=O) groups excluding carboxylic acids is 1. The molecule has 3 N–H and O–H groups in total. The topological polar surface area (TPSA) is 128 Å². The van der Waals surface area contributed by atoms with Crippen LogP contribution < -0.4 is 10.2 Å². The summed E-state index contributed by atoms with van der Waals surface area (Å²) in [7, 11) is 1.23. The van der Waals surface area contributed by atoms with E-state index in [1.54, 1.807) is 6.08 Å². The minimum absolute atomic E-state index is 0.00782. The molecule has 0 aliphatic heterocycles. The Labute approximate surface area is 331 Å². The maximum Gasteiger partial charge on any atom is 0.268 e. The lowest BCUT2D eigenvalue weighted by Crippen LogP contribution is -2.46. The Balaban J connectivity index is 4.54. The molecule has 0 saturated heterocycles. The van der Waals surface area contributed by atoms with Crippen molar-refractivity contribution in [1.29, 1.82) is 0 Å². The van der Waals surface area contributed by atoms with Gasteiger partial charge in [0.1, 0.15) is 13.2 Å². The minimum Gasteiger partial charge on any atom is -0.756 e. The molecule has 0 radical (unpaired) electrons. The van der Waals surface area contributed by atoms with E-state index in [0.717, 1.165) is 51.4 Å². The molecule has 54 heavy (non-hydrogen) atoms. The summed E-state index contributed by atoms with van der Waals surface area (Å²) in [6, 6.07) is -0.842. The molecule has 0 bridgehead atoms. The Hall–Kier alpha value is -1.84. The second-order valence-corrected chi connectivity index (χ2v) is 16.9. The van der Waals surface area contributed by atoms with Crippen molar-refractivity contribution in [2.75, 3.05) is 40.9 Å². The lowest BCUT2D eigenvalue weighted by Gasteiger charge is -2.30. The molecule has 0 rings (SSSR count). The van der Waals surface area contributed by atoms with Gasteiger partial charge in [0, 0.05) is 6.42 Å². The molecule has 0 fully saturated rings. The number of unbranched alkanes of at least 4 members (excludes halogenated alkanes) is 14. The van der Waals surface area contributed by atoms with Crippen LogP contribution in [0.15, 0.2) is 60.8 Å². The van der Waals surface area contributed by atoms with Gasteiger partial charge in [0.25, 0.3) is 7.82 Å². The fourth-order valence-electron chi connectivity index (χ4n) is 5.61. The van der Waals surface area contributed by atoms with Gasteiger partial charge in [-0.05, 0) is 44.9 Å². The van der Waals surface area contributed by atoms with Crippen LogP contribution in [0.25, 0.3) is 0 Å². The van der Waals surface area contributed by atoms with E-state index >= 15 is 0 Å². The predicted molar refractivity (Wildman–Crippen MR) is 225 cm³/mol. The van der Waals surface area contributed by atoms with Crippen LogP contribution in [0.4, 0.5) is 0 Å². The third kappa shape index (κ3) is 37.1. The van der Waals surface area contributed by atoms with Crippen LogP contribution in [-0.2, 0) is 18.4 Å². The number of allylic oxidation sites excluding steroid dienone is 9. The third-order valence-corrected chi connectivity index (χ3v) is 10.1. The predicted octanol–water partition coefficient (Wildman–Crippen LogP) is 9.80. The third-order valence-electron chi connectivity index (χ3n) is 9.18. The molecule has 0 aromatic carbocycles. The number of rotatable bonds is 37. The van der Waals surface area contributed by atoms with Gasteiger partial charge in [-0.3, -0.25) is 9.36 Å². The van der Waals surface area contributed by atoms with E-state index in [0.29, 0.717) is 23.9 Å². The Morgan fingerprint density at radius 3 is 1.78 bits per heavy atom. The molecule has 4 atom stereocenters. The van der Waals surface area contributed by atoms with Gasteiger partial charge < -0.3 is 34.0 Å². The summed E-state index contributed by atoms with van der Waals surface area (Å²) in [6.45, 7) is 4.32. The average Bonchev–Trinajstić information content (AvgIpc) is 3.12.